The van der Waals surface area contributed by atoms with Gasteiger partial charge in [0, 0.05) is 25.1 Å². The van der Waals surface area contributed by atoms with Gasteiger partial charge in [0.2, 0.25) is 0 Å². The van der Waals surface area contributed by atoms with Gasteiger partial charge in [-0.1, -0.05) is 12.1 Å². The van der Waals surface area contributed by atoms with Crippen LogP contribution < -0.4 is 5.32 Å². The van der Waals surface area contributed by atoms with Crippen molar-refractivity contribution in [3.05, 3.63) is 0 Å². The smallest absolute Gasteiger partial charge is 0.144 e. The molecule has 0 amide bonds. The summed E-state index contributed by atoms with van der Waals surface area (Å²) in [5.74, 6) is 0.222. The number of hydrogen-bond donors (Lipinski definition) is 2. The molecule has 2 N–H and O–H groups in total. The maximum atomic E-state index is 9.69. The Morgan fingerprint density at radius 1 is 1.33 bits per heavy atom. The van der Waals surface area contributed by atoms with E-state index in [4.69, 9.17) is 9.57 Å². The second-order valence-corrected chi connectivity index (χ2v) is 5.67. The summed E-state index contributed by atoms with van der Waals surface area (Å²) in [5.41, 5.74) is 0.862. The van der Waals surface area contributed by atoms with E-state index in [9.17, 15) is 5.11 Å². The second kappa shape index (κ2) is 8.45. The van der Waals surface area contributed by atoms with E-state index in [0.717, 1.165) is 5.71 Å². The van der Waals surface area contributed by atoms with Crippen molar-refractivity contribution < 1.29 is 14.7 Å². The number of aliphatic hydroxyl groups excluding tert-OH is 1. The Kier molecular flexibility index (Phi) is 8.15. The van der Waals surface area contributed by atoms with Crippen molar-refractivity contribution in [2.24, 2.45) is 11.1 Å². The number of methoxy groups -OCH3 is 1. The van der Waals surface area contributed by atoms with Crippen molar-refractivity contribution in [3.63, 3.8) is 0 Å². The molecule has 18 heavy (non-hydrogen) atoms. The molecule has 0 aromatic heterocycles. The first-order valence-electron chi connectivity index (χ1n) is 6.34. The molecule has 2 atom stereocenters. The zero-order chi connectivity index (χ0) is 14.2. The minimum atomic E-state index is -0.557. The minimum Gasteiger partial charge on any atom is -0.393 e. The first-order chi connectivity index (χ1) is 8.26. The molecule has 0 saturated heterocycles. The molecule has 0 spiro atoms. The molecule has 108 valence electrons. The van der Waals surface area contributed by atoms with Crippen LogP contribution >= 0.6 is 0 Å². The highest BCUT2D eigenvalue weighted by Gasteiger charge is 2.12. The third-order valence-corrected chi connectivity index (χ3v) is 2.47. The Morgan fingerprint density at radius 3 is 2.44 bits per heavy atom. The first-order valence-corrected chi connectivity index (χ1v) is 6.34. The van der Waals surface area contributed by atoms with Crippen molar-refractivity contribution in [1.29, 1.82) is 0 Å². The predicted molar refractivity (Wildman–Crippen MR) is 73.9 cm³/mol. The van der Waals surface area contributed by atoms with E-state index in [0.29, 0.717) is 13.2 Å². The number of nitrogens with one attached hydrogen (secondary N) is 1. The second-order valence-electron chi connectivity index (χ2n) is 5.67. The summed E-state index contributed by atoms with van der Waals surface area (Å²) in [6.45, 7) is 11.4. The molecule has 0 aromatic carbocycles. The molecular formula is C13H28N2O3. The lowest BCUT2D eigenvalue weighted by Gasteiger charge is -2.22. The third-order valence-electron chi connectivity index (χ3n) is 2.47. The molecule has 0 aliphatic rings. The zero-order valence-electron chi connectivity index (χ0n) is 12.5. The van der Waals surface area contributed by atoms with Crippen LogP contribution in [0.3, 0.4) is 0 Å². The van der Waals surface area contributed by atoms with Crippen molar-refractivity contribution in [1.82, 2.24) is 5.32 Å². The highest BCUT2D eigenvalue weighted by atomic mass is 16.6. The van der Waals surface area contributed by atoms with Crippen molar-refractivity contribution in [2.45, 2.75) is 46.3 Å². The van der Waals surface area contributed by atoms with E-state index in [2.05, 4.69) is 31.2 Å². The fourth-order valence-corrected chi connectivity index (χ4v) is 1.17. The van der Waals surface area contributed by atoms with Gasteiger partial charge < -0.3 is 20.0 Å². The Balaban J connectivity index is 3.85. The van der Waals surface area contributed by atoms with Gasteiger partial charge in [0.1, 0.15) is 12.7 Å². The van der Waals surface area contributed by atoms with Crippen LogP contribution in [0.25, 0.3) is 0 Å². The predicted octanol–water partition coefficient (Wildman–Crippen LogP) is 1.41. The normalized spacial score (nSPS) is 16.5. The molecule has 0 aliphatic heterocycles. The fourth-order valence-electron chi connectivity index (χ4n) is 1.17. The lowest BCUT2D eigenvalue weighted by molar-refractivity contribution is 0.0362. The highest BCUT2D eigenvalue weighted by Crippen LogP contribution is 2.01. The van der Waals surface area contributed by atoms with E-state index in [-0.39, 0.29) is 18.1 Å². The SMILES string of the molecule is COCC(C)/C(C)=N/OCC(O)CNC(C)(C)C. The molecule has 0 aromatic rings. The van der Waals surface area contributed by atoms with Crippen molar-refractivity contribution in [3.8, 4) is 0 Å². The average molecular weight is 260 g/mol. The minimum absolute atomic E-state index is 0.00680. The van der Waals surface area contributed by atoms with E-state index >= 15 is 0 Å². The largest absolute Gasteiger partial charge is 0.393 e. The molecule has 0 radical (unpaired) electrons. The molecule has 0 fully saturated rings. The van der Waals surface area contributed by atoms with Crippen LogP contribution in [0.1, 0.15) is 34.6 Å². The lowest BCUT2D eigenvalue weighted by atomic mass is 10.1. The van der Waals surface area contributed by atoms with Crippen LogP contribution in [-0.2, 0) is 9.57 Å². The van der Waals surface area contributed by atoms with Crippen LogP contribution in [0, 0.1) is 5.92 Å². The quantitative estimate of drug-likeness (QED) is 0.511. The standard InChI is InChI=1S/C13H28N2O3/c1-10(8-17-6)11(2)15-18-9-12(16)7-14-13(3,4)5/h10,12,14,16H,7-9H2,1-6H3/b15-11+. The summed E-state index contributed by atoms with van der Waals surface area (Å²) < 4.78 is 5.03. The number of aliphatic hydroxyl groups is 1. The number of nitrogens with zero attached hydrogens (tertiary/aromatic N) is 1. The summed E-state index contributed by atoms with van der Waals surface area (Å²) in [5, 5.41) is 16.9. The Hall–Kier alpha value is -0.650. The number of ether oxygens (including phenoxy) is 1. The van der Waals surface area contributed by atoms with E-state index in [1.54, 1.807) is 7.11 Å². The van der Waals surface area contributed by atoms with Gasteiger partial charge in [0.25, 0.3) is 0 Å². The van der Waals surface area contributed by atoms with Gasteiger partial charge in [-0.25, -0.2) is 0 Å². The van der Waals surface area contributed by atoms with E-state index < -0.39 is 6.10 Å². The average Bonchev–Trinajstić information content (AvgIpc) is 2.25. The van der Waals surface area contributed by atoms with Crippen LogP contribution in [-0.4, -0.2) is 49.3 Å². The molecule has 5 nitrogen and oxygen atoms in total. The van der Waals surface area contributed by atoms with Crippen LogP contribution in [0.4, 0.5) is 0 Å². The monoisotopic (exact) mass is 260 g/mol. The molecule has 5 heteroatoms. The lowest BCUT2D eigenvalue weighted by Crippen LogP contribution is -2.42. The van der Waals surface area contributed by atoms with Gasteiger partial charge in [0.05, 0.1) is 12.3 Å². The van der Waals surface area contributed by atoms with Crippen LogP contribution in [0.5, 0.6) is 0 Å². The topological polar surface area (TPSA) is 63.1 Å². The van der Waals surface area contributed by atoms with Gasteiger partial charge in [-0.05, 0) is 27.7 Å². The summed E-state index contributed by atoms with van der Waals surface area (Å²) in [4.78, 5) is 5.13. The van der Waals surface area contributed by atoms with E-state index in [1.807, 2.05) is 13.8 Å². The number of oxime groups is 1. The summed E-state index contributed by atoms with van der Waals surface area (Å²) in [6.07, 6.45) is -0.557. The molecule has 0 heterocycles. The zero-order valence-corrected chi connectivity index (χ0v) is 12.5. The maximum Gasteiger partial charge on any atom is 0.144 e. The van der Waals surface area contributed by atoms with Gasteiger partial charge >= 0.3 is 0 Å². The van der Waals surface area contributed by atoms with E-state index in [1.165, 1.54) is 0 Å². The third kappa shape index (κ3) is 9.39. The van der Waals surface area contributed by atoms with Crippen LogP contribution in [0.15, 0.2) is 5.16 Å². The molecule has 0 saturated carbocycles. The van der Waals surface area contributed by atoms with Crippen LogP contribution in [0.2, 0.25) is 0 Å². The first kappa shape index (κ1) is 17.4. The highest BCUT2D eigenvalue weighted by molar-refractivity contribution is 5.83. The number of rotatable bonds is 8. The summed E-state index contributed by atoms with van der Waals surface area (Å²) in [6, 6.07) is 0. The summed E-state index contributed by atoms with van der Waals surface area (Å²) >= 11 is 0. The number of β-amino-alcohol motifs (C(OH)–C–C–N with tert-alkyl or cyclic N) is 1. The Labute approximate surface area is 111 Å². The Bertz CT molecular complexity index is 249. The van der Waals surface area contributed by atoms with Crippen molar-refractivity contribution in [2.75, 3.05) is 26.9 Å². The van der Waals surface area contributed by atoms with Gasteiger partial charge in [0.15, 0.2) is 0 Å². The summed E-state index contributed by atoms with van der Waals surface area (Å²) in [7, 11) is 1.66. The maximum absolute atomic E-state index is 9.69. The molecule has 0 bridgehead atoms. The molecule has 0 rings (SSSR count). The fraction of sp³-hybridized carbons (Fsp3) is 0.923. The number of hydrogen-bond acceptors (Lipinski definition) is 5. The Morgan fingerprint density at radius 2 is 1.94 bits per heavy atom. The van der Waals surface area contributed by atoms with Gasteiger partial charge in [-0.2, -0.15) is 0 Å². The van der Waals surface area contributed by atoms with Gasteiger partial charge in [-0.3, -0.25) is 0 Å². The molecular weight excluding hydrogens is 232 g/mol. The van der Waals surface area contributed by atoms with Gasteiger partial charge in [-0.15, -0.1) is 0 Å². The molecule has 2 unspecified atom stereocenters. The molecule has 0 aliphatic carbocycles. The van der Waals surface area contributed by atoms with Crippen molar-refractivity contribution >= 4 is 5.71 Å².